The van der Waals surface area contributed by atoms with Crippen LogP contribution in [0.3, 0.4) is 0 Å². The molecule has 5 atom stereocenters. The van der Waals surface area contributed by atoms with Crippen LogP contribution in [0.4, 0.5) is 0 Å². The van der Waals surface area contributed by atoms with Gasteiger partial charge in [0, 0.05) is 7.11 Å². The number of aliphatic hydroxyl groups excluding tert-OH is 3. The Labute approximate surface area is 96.0 Å². The van der Waals surface area contributed by atoms with Crippen molar-refractivity contribution < 1.29 is 24.8 Å². The highest BCUT2D eigenvalue weighted by Crippen LogP contribution is 2.33. The van der Waals surface area contributed by atoms with Gasteiger partial charge in [-0.25, -0.2) is 0 Å². The lowest BCUT2D eigenvalue weighted by Gasteiger charge is -2.46. The average molecular weight is 234 g/mol. The molecule has 5 heteroatoms. The molecule has 1 aliphatic rings. The molecule has 3 N–H and O–H groups in total. The zero-order chi connectivity index (χ0) is 12.5. The van der Waals surface area contributed by atoms with Crippen molar-refractivity contribution in [3.8, 4) is 0 Å². The highest BCUT2D eigenvalue weighted by Gasteiger charge is 2.48. The molecule has 0 amide bonds. The number of ether oxygens (including phenoxy) is 2. The standard InChI is InChI=1S/C11H22O5/c1-11(2,3)10-8(14)7(13)9(15-4)6(5-12)16-10/h6-10,12-14H,5H2,1-4H3/t6?,7?,8-,9+,10+/m0/s1. The van der Waals surface area contributed by atoms with Crippen LogP contribution in [-0.2, 0) is 9.47 Å². The summed E-state index contributed by atoms with van der Waals surface area (Å²) in [6.07, 6.45) is -3.87. The van der Waals surface area contributed by atoms with Crippen LogP contribution < -0.4 is 0 Å². The highest BCUT2D eigenvalue weighted by atomic mass is 16.6. The van der Waals surface area contributed by atoms with Gasteiger partial charge in [0.25, 0.3) is 0 Å². The first kappa shape index (κ1) is 13.9. The van der Waals surface area contributed by atoms with Crippen LogP contribution in [0.1, 0.15) is 20.8 Å². The molecule has 96 valence electrons. The fourth-order valence-electron chi connectivity index (χ4n) is 2.09. The fourth-order valence-corrected chi connectivity index (χ4v) is 2.09. The Kier molecular flexibility index (Phi) is 4.31. The van der Waals surface area contributed by atoms with Crippen LogP contribution in [0.15, 0.2) is 0 Å². The van der Waals surface area contributed by atoms with Gasteiger partial charge < -0.3 is 24.8 Å². The molecule has 1 aliphatic heterocycles. The van der Waals surface area contributed by atoms with E-state index >= 15 is 0 Å². The summed E-state index contributed by atoms with van der Waals surface area (Å²) in [7, 11) is 1.42. The first-order valence-electron chi connectivity index (χ1n) is 5.48. The molecule has 1 fully saturated rings. The third-order valence-corrected chi connectivity index (χ3v) is 2.99. The average Bonchev–Trinajstić information content (AvgIpc) is 2.19. The van der Waals surface area contributed by atoms with E-state index in [0.717, 1.165) is 0 Å². The molecule has 5 nitrogen and oxygen atoms in total. The minimum atomic E-state index is -1.04. The van der Waals surface area contributed by atoms with E-state index in [2.05, 4.69) is 0 Å². The SMILES string of the molecule is CO[C@@H]1C(CO)O[C@@H](C(C)(C)C)[C@@H](O)C1O. The first-order chi connectivity index (χ1) is 7.32. The van der Waals surface area contributed by atoms with Gasteiger partial charge in [-0.1, -0.05) is 20.8 Å². The van der Waals surface area contributed by atoms with Gasteiger partial charge in [-0.2, -0.15) is 0 Å². The summed E-state index contributed by atoms with van der Waals surface area (Å²) in [5.41, 5.74) is -0.313. The Hall–Kier alpha value is -0.200. The number of rotatable bonds is 2. The second kappa shape index (κ2) is 4.98. The van der Waals surface area contributed by atoms with Crippen LogP contribution in [0.2, 0.25) is 0 Å². The minimum Gasteiger partial charge on any atom is -0.394 e. The van der Waals surface area contributed by atoms with Crippen molar-refractivity contribution >= 4 is 0 Å². The van der Waals surface area contributed by atoms with Gasteiger partial charge in [-0.3, -0.25) is 0 Å². The Morgan fingerprint density at radius 3 is 2.12 bits per heavy atom. The van der Waals surface area contributed by atoms with E-state index in [1.54, 1.807) is 0 Å². The maximum atomic E-state index is 9.95. The van der Waals surface area contributed by atoms with E-state index in [0.29, 0.717) is 0 Å². The summed E-state index contributed by atoms with van der Waals surface area (Å²) in [6.45, 7) is 5.49. The van der Waals surface area contributed by atoms with Gasteiger partial charge in [0.05, 0.1) is 12.7 Å². The van der Waals surface area contributed by atoms with E-state index in [9.17, 15) is 15.3 Å². The van der Waals surface area contributed by atoms with Crippen LogP contribution >= 0.6 is 0 Å². The zero-order valence-corrected chi connectivity index (χ0v) is 10.3. The molecule has 1 rings (SSSR count). The van der Waals surface area contributed by atoms with E-state index < -0.39 is 30.5 Å². The molecule has 0 bridgehead atoms. The smallest absolute Gasteiger partial charge is 0.114 e. The molecule has 0 aliphatic carbocycles. The predicted octanol–water partition coefficient (Wildman–Crippen LogP) is -0.471. The van der Waals surface area contributed by atoms with Crippen molar-refractivity contribution in [1.82, 2.24) is 0 Å². The van der Waals surface area contributed by atoms with Crippen molar-refractivity contribution in [3.63, 3.8) is 0 Å². The maximum absolute atomic E-state index is 9.95. The van der Waals surface area contributed by atoms with Crippen LogP contribution in [0.5, 0.6) is 0 Å². The van der Waals surface area contributed by atoms with Gasteiger partial charge in [0.1, 0.15) is 24.4 Å². The Balaban J connectivity index is 2.87. The molecule has 1 heterocycles. The van der Waals surface area contributed by atoms with Crippen LogP contribution in [0, 0.1) is 5.41 Å². The van der Waals surface area contributed by atoms with E-state index in [1.165, 1.54) is 7.11 Å². The predicted molar refractivity (Wildman–Crippen MR) is 58.0 cm³/mol. The van der Waals surface area contributed by atoms with E-state index in [-0.39, 0.29) is 12.0 Å². The molecule has 0 aromatic carbocycles. The monoisotopic (exact) mass is 234 g/mol. The molecular weight excluding hydrogens is 212 g/mol. The molecule has 0 spiro atoms. The molecule has 0 radical (unpaired) electrons. The van der Waals surface area contributed by atoms with E-state index in [4.69, 9.17) is 9.47 Å². The number of hydrogen-bond donors (Lipinski definition) is 3. The summed E-state index contributed by atoms with van der Waals surface area (Å²) in [5.74, 6) is 0. The normalized spacial score (nSPS) is 41.1. The minimum absolute atomic E-state index is 0.241. The summed E-state index contributed by atoms with van der Waals surface area (Å²) in [5, 5.41) is 29.0. The fraction of sp³-hybridized carbons (Fsp3) is 1.00. The largest absolute Gasteiger partial charge is 0.394 e. The van der Waals surface area contributed by atoms with Crippen molar-refractivity contribution in [2.75, 3.05) is 13.7 Å². The summed E-state index contributed by atoms with van der Waals surface area (Å²) < 4.78 is 10.6. The number of aliphatic hydroxyl groups is 3. The van der Waals surface area contributed by atoms with Crippen molar-refractivity contribution in [1.29, 1.82) is 0 Å². The third-order valence-electron chi connectivity index (χ3n) is 2.99. The first-order valence-corrected chi connectivity index (χ1v) is 5.48. The lowest BCUT2D eigenvalue weighted by molar-refractivity contribution is -0.256. The molecule has 0 aromatic heterocycles. The van der Waals surface area contributed by atoms with Crippen molar-refractivity contribution in [2.24, 2.45) is 5.41 Å². The maximum Gasteiger partial charge on any atom is 0.114 e. The van der Waals surface area contributed by atoms with Gasteiger partial charge in [-0.05, 0) is 5.41 Å². The second-order valence-electron chi connectivity index (χ2n) is 5.33. The molecule has 0 aromatic rings. The topological polar surface area (TPSA) is 79.2 Å². The quantitative estimate of drug-likeness (QED) is 0.602. The van der Waals surface area contributed by atoms with Crippen molar-refractivity contribution in [2.45, 2.75) is 51.3 Å². The highest BCUT2D eigenvalue weighted by molar-refractivity contribution is 4.96. The van der Waals surface area contributed by atoms with Gasteiger partial charge in [-0.15, -0.1) is 0 Å². The zero-order valence-electron chi connectivity index (χ0n) is 10.3. The Morgan fingerprint density at radius 2 is 1.75 bits per heavy atom. The van der Waals surface area contributed by atoms with Gasteiger partial charge in [0.2, 0.25) is 0 Å². The third kappa shape index (κ3) is 2.55. The second-order valence-corrected chi connectivity index (χ2v) is 5.33. The van der Waals surface area contributed by atoms with Gasteiger partial charge in [0.15, 0.2) is 0 Å². The Morgan fingerprint density at radius 1 is 1.19 bits per heavy atom. The lowest BCUT2D eigenvalue weighted by Crippen LogP contribution is -2.62. The molecule has 2 unspecified atom stereocenters. The number of hydrogen-bond acceptors (Lipinski definition) is 5. The molecule has 0 saturated carbocycles. The number of methoxy groups -OCH3 is 1. The summed E-state index contributed by atoms with van der Waals surface area (Å²) >= 11 is 0. The van der Waals surface area contributed by atoms with E-state index in [1.807, 2.05) is 20.8 Å². The summed E-state index contributed by atoms with van der Waals surface area (Å²) in [4.78, 5) is 0. The van der Waals surface area contributed by atoms with Crippen molar-refractivity contribution in [3.05, 3.63) is 0 Å². The molecular formula is C11H22O5. The summed E-state index contributed by atoms with van der Waals surface area (Å²) in [6, 6.07) is 0. The Bertz CT molecular complexity index is 223. The molecule has 1 saturated heterocycles. The van der Waals surface area contributed by atoms with Crippen LogP contribution in [0.25, 0.3) is 0 Å². The van der Waals surface area contributed by atoms with Crippen LogP contribution in [-0.4, -0.2) is 59.6 Å². The lowest BCUT2D eigenvalue weighted by atomic mass is 9.80. The molecule has 16 heavy (non-hydrogen) atoms. The van der Waals surface area contributed by atoms with Gasteiger partial charge >= 0.3 is 0 Å².